The molecular weight excluding hydrogens is 244 g/mol. The second kappa shape index (κ2) is 5.98. The molecule has 0 aliphatic carbocycles. The third-order valence-electron chi connectivity index (χ3n) is 2.83. The number of hydrogen-bond acceptors (Lipinski definition) is 2. The Kier molecular flexibility index (Phi) is 4.34. The van der Waals surface area contributed by atoms with Gasteiger partial charge in [-0.15, -0.1) is 0 Å². The van der Waals surface area contributed by atoms with Gasteiger partial charge in [0.05, 0.1) is 11.7 Å². The van der Waals surface area contributed by atoms with E-state index in [1.54, 1.807) is 0 Å². The van der Waals surface area contributed by atoms with Crippen molar-refractivity contribution < 1.29 is 0 Å². The first-order valence-corrected chi connectivity index (χ1v) is 6.51. The second-order valence-electron chi connectivity index (χ2n) is 4.22. The predicted octanol–water partition coefficient (Wildman–Crippen LogP) is 3.74. The van der Waals surface area contributed by atoms with Gasteiger partial charge < -0.3 is 5.32 Å². The standard InChI is InChI=1S/C15H17ClN2/c1-3-17-15(12-8-4-5-9-13(12)16)14-10-6-7-11(2)18-14/h4-10,15,17H,3H2,1-2H3. The first kappa shape index (κ1) is 13.1. The average Bonchev–Trinajstić information content (AvgIpc) is 2.37. The van der Waals surface area contributed by atoms with Gasteiger partial charge in [-0.3, -0.25) is 4.98 Å². The lowest BCUT2D eigenvalue weighted by molar-refractivity contribution is 0.614. The number of aryl methyl sites for hydroxylation is 1. The number of aromatic nitrogens is 1. The fourth-order valence-corrected chi connectivity index (χ4v) is 2.26. The fraction of sp³-hybridized carbons (Fsp3) is 0.267. The summed E-state index contributed by atoms with van der Waals surface area (Å²) in [7, 11) is 0. The van der Waals surface area contributed by atoms with Gasteiger partial charge in [-0.1, -0.05) is 42.8 Å². The third kappa shape index (κ3) is 2.89. The minimum absolute atomic E-state index is 0.0450. The van der Waals surface area contributed by atoms with Crippen LogP contribution >= 0.6 is 11.6 Å². The summed E-state index contributed by atoms with van der Waals surface area (Å²) >= 11 is 6.28. The van der Waals surface area contributed by atoms with Gasteiger partial charge in [0.2, 0.25) is 0 Å². The molecule has 2 rings (SSSR count). The van der Waals surface area contributed by atoms with Crippen molar-refractivity contribution in [2.75, 3.05) is 6.54 Å². The molecule has 0 amide bonds. The van der Waals surface area contributed by atoms with E-state index in [1.807, 2.05) is 49.4 Å². The molecule has 1 aromatic carbocycles. The molecule has 1 N–H and O–H groups in total. The van der Waals surface area contributed by atoms with Crippen molar-refractivity contribution in [3.63, 3.8) is 0 Å². The molecule has 1 atom stereocenters. The van der Waals surface area contributed by atoms with Crippen LogP contribution in [0, 0.1) is 6.92 Å². The number of pyridine rings is 1. The van der Waals surface area contributed by atoms with Gasteiger partial charge in [0, 0.05) is 10.7 Å². The Bertz CT molecular complexity index is 525. The summed E-state index contributed by atoms with van der Waals surface area (Å²) in [6.07, 6.45) is 0. The highest BCUT2D eigenvalue weighted by Gasteiger charge is 2.16. The van der Waals surface area contributed by atoms with Crippen LogP contribution in [-0.2, 0) is 0 Å². The molecule has 2 nitrogen and oxygen atoms in total. The Morgan fingerprint density at radius 3 is 2.61 bits per heavy atom. The molecule has 1 unspecified atom stereocenters. The molecule has 94 valence electrons. The summed E-state index contributed by atoms with van der Waals surface area (Å²) in [5, 5.41) is 4.21. The maximum Gasteiger partial charge on any atom is 0.0765 e. The van der Waals surface area contributed by atoms with Crippen molar-refractivity contribution in [2.45, 2.75) is 19.9 Å². The van der Waals surface area contributed by atoms with Crippen molar-refractivity contribution in [3.8, 4) is 0 Å². The molecule has 0 saturated heterocycles. The van der Waals surface area contributed by atoms with E-state index in [2.05, 4.69) is 17.2 Å². The molecule has 0 aliphatic rings. The molecule has 18 heavy (non-hydrogen) atoms. The molecule has 0 saturated carbocycles. The Labute approximate surface area is 113 Å². The van der Waals surface area contributed by atoms with Crippen LogP contribution in [0.1, 0.15) is 29.9 Å². The fourth-order valence-electron chi connectivity index (χ4n) is 2.01. The Morgan fingerprint density at radius 1 is 1.17 bits per heavy atom. The minimum atomic E-state index is 0.0450. The third-order valence-corrected chi connectivity index (χ3v) is 3.17. The monoisotopic (exact) mass is 260 g/mol. The second-order valence-corrected chi connectivity index (χ2v) is 4.62. The van der Waals surface area contributed by atoms with Crippen molar-refractivity contribution >= 4 is 11.6 Å². The van der Waals surface area contributed by atoms with E-state index in [1.165, 1.54) is 0 Å². The molecule has 2 aromatic rings. The Morgan fingerprint density at radius 2 is 1.94 bits per heavy atom. The number of hydrogen-bond donors (Lipinski definition) is 1. The van der Waals surface area contributed by atoms with Gasteiger partial charge in [0.1, 0.15) is 0 Å². The molecule has 0 bridgehead atoms. The zero-order valence-electron chi connectivity index (χ0n) is 10.7. The lowest BCUT2D eigenvalue weighted by atomic mass is 10.0. The van der Waals surface area contributed by atoms with E-state index in [0.717, 1.165) is 28.5 Å². The lowest BCUT2D eigenvalue weighted by Crippen LogP contribution is -2.23. The van der Waals surface area contributed by atoms with E-state index in [-0.39, 0.29) is 6.04 Å². The van der Waals surface area contributed by atoms with Crippen molar-refractivity contribution in [1.29, 1.82) is 0 Å². The van der Waals surface area contributed by atoms with E-state index >= 15 is 0 Å². The zero-order chi connectivity index (χ0) is 13.0. The summed E-state index contributed by atoms with van der Waals surface area (Å²) < 4.78 is 0. The van der Waals surface area contributed by atoms with Crippen molar-refractivity contribution in [1.82, 2.24) is 10.3 Å². The topological polar surface area (TPSA) is 24.9 Å². The number of halogens is 1. The number of benzene rings is 1. The van der Waals surface area contributed by atoms with Gasteiger partial charge in [0.15, 0.2) is 0 Å². The van der Waals surface area contributed by atoms with Crippen LogP contribution in [0.2, 0.25) is 5.02 Å². The van der Waals surface area contributed by atoms with Crippen LogP contribution in [-0.4, -0.2) is 11.5 Å². The molecule has 1 aromatic heterocycles. The summed E-state index contributed by atoms with van der Waals surface area (Å²) in [6.45, 7) is 4.95. The Hall–Kier alpha value is -1.38. The number of nitrogens with one attached hydrogen (secondary N) is 1. The maximum absolute atomic E-state index is 6.28. The van der Waals surface area contributed by atoms with E-state index < -0.39 is 0 Å². The highest BCUT2D eigenvalue weighted by molar-refractivity contribution is 6.31. The predicted molar refractivity (Wildman–Crippen MR) is 75.9 cm³/mol. The molecule has 0 fully saturated rings. The van der Waals surface area contributed by atoms with Crippen LogP contribution in [0.5, 0.6) is 0 Å². The van der Waals surface area contributed by atoms with Crippen molar-refractivity contribution in [3.05, 3.63) is 64.4 Å². The van der Waals surface area contributed by atoms with Gasteiger partial charge in [-0.05, 0) is 37.2 Å². The van der Waals surface area contributed by atoms with Crippen LogP contribution in [0.4, 0.5) is 0 Å². The molecule has 1 heterocycles. The first-order valence-electron chi connectivity index (χ1n) is 6.13. The molecule has 0 aliphatic heterocycles. The molecule has 3 heteroatoms. The summed E-state index contributed by atoms with van der Waals surface area (Å²) in [4.78, 5) is 4.59. The quantitative estimate of drug-likeness (QED) is 0.906. The normalized spacial score (nSPS) is 12.4. The SMILES string of the molecule is CCNC(c1cccc(C)n1)c1ccccc1Cl. The lowest BCUT2D eigenvalue weighted by Gasteiger charge is -2.19. The largest absolute Gasteiger partial charge is 0.305 e. The van der Waals surface area contributed by atoms with Crippen LogP contribution in [0.3, 0.4) is 0 Å². The van der Waals surface area contributed by atoms with E-state index in [0.29, 0.717) is 0 Å². The van der Waals surface area contributed by atoms with Gasteiger partial charge >= 0.3 is 0 Å². The average molecular weight is 261 g/mol. The highest BCUT2D eigenvalue weighted by Crippen LogP contribution is 2.27. The minimum Gasteiger partial charge on any atom is -0.305 e. The van der Waals surface area contributed by atoms with E-state index in [4.69, 9.17) is 11.6 Å². The van der Waals surface area contributed by atoms with Crippen LogP contribution in [0.25, 0.3) is 0 Å². The van der Waals surface area contributed by atoms with Gasteiger partial charge in [0.25, 0.3) is 0 Å². The maximum atomic E-state index is 6.28. The zero-order valence-corrected chi connectivity index (χ0v) is 11.4. The molecule has 0 radical (unpaired) electrons. The molecular formula is C15H17ClN2. The highest BCUT2D eigenvalue weighted by atomic mass is 35.5. The smallest absolute Gasteiger partial charge is 0.0765 e. The first-order chi connectivity index (χ1) is 8.72. The summed E-state index contributed by atoms with van der Waals surface area (Å²) in [6, 6.07) is 14.0. The Balaban J connectivity index is 2.43. The number of rotatable bonds is 4. The molecule has 0 spiro atoms. The van der Waals surface area contributed by atoms with Gasteiger partial charge in [-0.25, -0.2) is 0 Å². The number of nitrogens with zero attached hydrogens (tertiary/aromatic N) is 1. The van der Waals surface area contributed by atoms with Gasteiger partial charge in [-0.2, -0.15) is 0 Å². The summed E-state index contributed by atoms with van der Waals surface area (Å²) in [5.41, 5.74) is 3.09. The van der Waals surface area contributed by atoms with Crippen LogP contribution in [0.15, 0.2) is 42.5 Å². The van der Waals surface area contributed by atoms with Crippen molar-refractivity contribution in [2.24, 2.45) is 0 Å². The van der Waals surface area contributed by atoms with E-state index in [9.17, 15) is 0 Å². The van der Waals surface area contributed by atoms with Crippen LogP contribution < -0.4 is 5.32 Å². The summed E-state index contributed by atoms with van der Waals surface area (Å²) in [5.74, 6) is 0.